The van der Waals surface area contributed by atoms with E-state index in [9.17, 15) is 22.1 Å². The molecular weight excluding hydrogens is 310 g/mol. The summed E-state index contributed by atoms with van der Waals surface area (Å²) >= 11 is -1.28. The van der Waals surface area contributed by atoms with Gasteiger partial charge >= 0.3 is 6.36 Å². The van der Waals surface area contributed by atoms with Crippen LogP contribution in [0.15, 0.2) is 18.2 Å². The summed E-state index contributed by atoms with van der Waals surface area (Å²) in [5, 5.41) is 0. The molecule has 1 unspecified atom stereocenters. The molecule has 0 fully saturated rings. The molecule has 0 aromatic heterocycles. The van der Waals surface area contributed by atoms with Gasteiger partial charge in [0.25, 0.3) is 0 Å². The van der Waals surface area contributed by atoms with Crippen LogP contribution in [0, 0.1) is 5.82 Å². The normalized spacial score (nSPS) is 14.1. The second-order valence-electron chi connectivity index (χ2n) is 5.33. The third-order valence-electron chi connectivity index (χ3n) is 2.44. The van der Waals surface area contributed by atoms with Crippen LogP contribution in [-0.4, -0.2) is 22.2 Å². The smallest absolute Gasteiger partial charge is 0.573 e. The monoisotopic (exact) mass is 327 g/mol. The third-order valence-corrected chi connectivity index (χ3v) is 4.02. The Labute approximate surface area is 124 Å². The van der Waals surface area contributed by atoms with Crippen LogP contribution in [0.2, 0.25) is 0 Å². The van der Waals surface area contributed by atoms with Crippen molar-refractivity contribution in [3.05, 3.63) is 29.6 Å². The maximum absolute atomic E-state index is 13.6. The van der Waals surface area contributed by atoms with Crippen LogP contribution >= 0.6 is 0 Å². The number of halogens is 4. The molecule has 0 bridgehead atoms. The summed E-state index contributed by atoms with van der Waals surface area (Å²) in [6, 6.07) is 2.95. The molecule has 0 amide bonds. The van der Waals surface area contributed by atoms with E-state index in [1.165, 1.54) is 6.07 Å². The molecule has 0 heterocycles. The fourth-order valence-corrected chi connectivity index (χ4v) is 2.14. The molecule has 0 spiro atoms. The van der Waals surface area contributed by atoms with E-state index in [1.54, 1.807) is 20.8 Å². The van der Waals surface area contributed by atoms with Crippen LogP contribution < -0.4 is 9.46 Å². The summed E-state index contributed by atoms with van der Waals surface area (Å²) in [5.74, 6) is -1.39. The molecule has 0 saturated carbocycles. The number of alkyl halides is 3. The Morgan fingerprint density at radius 1 is 1.24 bits per heavy atom. The lowest BCUT2D eigenvalue weighted by Gasteiger charge is -2.23. The number of nitrogens with one attached hydrogen (secondary N) is 1. The molecule has 1 N–H and O–H groups in total. The van der Waals surface area contributed by atoms with E-state index in [4.69, 9.17) is 0 Å². The van der Waals surface area contributed by atoms with Crippen molar-refractivity contribution >= 4 is 11.4 Å². The number of hydrogen-bond donors (Lipinski definition) is 1. The summed E-state index contributed by atoms with van der Waals surface area (Å²) in [5.41, 5.74) is 0.225. The van der Waals surface area contributed by atoms with E-state index in [-0.39, 0.29) is 18.5 Å². The van der Waals surface area contributed by atoms with Gasteiger partial charge in [-0.25, -0.2) is 4.39 Å². The fraction of sp³-hybridized carbons (Fsp3) is 0.538. The van der Waals surface area contributed by atoms with Crippen molar-refractivity contribution in [1.29, 1.82) is 0 Å². The van der Waals surface area contributed by atoms with Crippen LogP contribution in [0.25, 0.3) is 0 Å². The summed E-state index contributed by atoms with van der Waals surface area (Å²) in [4.78, 5) is 0. The third kappa shape index (κ3) is 6.54. The van der Waals surface area contributed by atoms with Crippen molar-refractivity contribution in [1.82, 2.24) is 4.72 Å². The Morgan fingerprint density at radius 3 is 2.33 bits per heavy atom. The van der Waals surface area contributed by atoms with Crippen molar-refractivity contribution in [2.45, 2.75) is 38.3 Å². The highest BCUT2D eigenvalue weighted by Crippen LogP contribution is 2.24. The quantitative estimate of drug-likeness (QED) is 0.666. The number of ether oxygens (including phenoxy) is 1. The van der Waals surface area contributed by atoms with Gasteiger partial charge in [-0.15, -0.1) is 17.9 Å². The molecule has 0 saturated heterocycles. The molecule has 120 valence electrons. The van der Waals surface area contributed by atoms with Crippen LogP contribution in [0.5, 0.6) is 5.75 Å². The Hall–Kier alpha value is -0.990. The van der Waals surface area contributed by atoms with Crippen molar-refractivity contribution in [2.75, 3.05) is 6.54 Å². The lowest BCUT2D eigenvalue weighted by atomic mass is 10.1. The van der Waals surface area contributed by atoms with E-state index in [1.807, 2.05) is 0 Å². The zero-order valence-electron chi connectivity index (χ0n) is 11.9. The van der Waals surface area contributed by atoms with Gasteiger partial charge in [0, 0.05) is 24.0 Å². The Bertz CT molecular complexity index is 474. The molecule has 8 heteroatoms. The second-order valence-corrected chi connectivity index (χ2v) is 7.38. The molecule has 0 aliphatic carbocycles. The van der Waals surface area contributed by atoms with Crippen molar-refractivity contribution in [2.24, 2.45) is 0 Å². The zero-order valence-corrected chi connectivity index (χ0v) is 12.7. The minimum Gasteiger partial charge on any atom is -0.598 e. The van der Waals surface area contributed by atoms with Gasteiger partial charge in [-0.3, -0.25) is 0 Å². The Morgan fingerprint density at radius 2 is 1.86 bits per heavy atom. The van der Waals surface area contributed by atoms with Gasteiger partial charge in [0.2, 0.25) is 0 Å². The van der Waals surface area contributed by atoms with Crippen LogP contribution in [-0.2, 0) is 17.8 Å². The van der Waals surface area contributed by atoms with Crippen molar-refractivity contribution < 1.29 is 26.9 Å². The molecular formula is C13H17F4NO2S. The number of rotatable bonds is 5. The lowest BCUT2D eigenvalue weighted by molar-refractivity contribution is -0.274. The van der Waals surface area contributed by atoms with Crippen LogP contribution in [0.1, 0.15) is 26.3 Å². The van der Waals surface area contributed by atoms with Crippen molar-refractivity contribution in [3.8, 4) is 5.75 Å². The molecule has 0 aliphatic heterocycles. The van der Waals surface area contributed by atoms with E-state index < -0.39 is 34.0 Å². The van der Waals surface area contributed by atoms with Gasteiger partial charge in [0.1, 0.15) is 16.3 Å². The first-order valence-corrected chi connectivity index (χ1v) is 7.33. The highest BCUT2D eigenvalue weighted by atomic mass is 32.2. The van der Waals surface area contributed by atoms with Crippen LogP contribution in [0.3, 0.4) is 0 Å². The first kappa shape index (κ1) is 18.1. The molecule has 1 atom stereocenters. The largest absolute Gasteiger partial charge is 0.598 e. The van der Waals surface area contributed by atoms with E-state index in [2.05, 4.69) is 9.46 Å². The maximum atomic E-state index is 13.6. The van der Waals surface area contributed by atoms with Gasteiger partial charge in [0.05, 0.1) is 0 Å². The molecule has 1 rings (SSSR count). The second kappa shape index (κ2) is 6.85. The van der Waals surface area contributed by atoms with Gasteiger partial charge < -0.3 is 9.29 Å². The summed E-state index contributed by atoms with van der Waals surface area (Å²) in [7, 11) is 0. The topological polar surface area (TPSA) is 44.3 Å². The molecule has 0 aliphatic rings. The predicted molar refractivity (Wildman–Crippen MR) is 72.7 cm³/mol. The Balaban J connectivity index is 2.58. The highest BCUT2D eigenvalue weighted by molar-refractivity contribution is 7.90. The van der Waals surface area contributed by atoms with Gasteiger partial charge in [0.15, 0.2) is 0 Å². The van der Waals surface area contributed by atoms with Gasteiger partial charge in [-0.05, 0) is 38.8 Å². The maximum Gasteiger partial charge on any atom is 0.573 e. The standard InChI is InChI=1S/C13H17F4NO2S/c1-12(2,3)21(19)18-7-6-9-4-5-10(8-11(9)14)20-13(15,16)17/h4-5,8,18H,6-7H2,1-3H3. The van der Waals surface area contributed by atoms with Gasteiger partial charge in [-0.1, -0.05) is 6.07 Å². The molecule has 3 nitrogen and oxygen atoms in total. The van der Waals surface area contributed by atoms with Crippen molar-refractivity contribution in [3.63, 3.8) is 0 Å². The molecule has 0 radical (unpaired) electrons. The van der Waals surface area contributed by atoms with E-state index in [0.29, 0.717) is 6.07 Å². The molecule has 21 heavy (non-hydrogen) atoms. The number of hydrogen-bond acceptors (Lipinski definition) is 3. The first-order chi connectivity index (χ1) is 9.49. The average Bonchev–Trinajstić information content (AvgIpc) is 2.28. The first-order valence-electron chi connectivity index (χ1n) is 6.18. The Kier molecular flexibility index (Phi) is 5.89. The summed E-state index contributed by atoms with van der Waals surface area (Å²) in [6.45, 7) is 5.63. The minimum atomic E-state index is -4.85. The highest BCUT2D eigenvalue weighted by Gasteiger charge is 2.31. The zero-order chi connectivity index (χ0) is 16.3. The van der Waals surface area contributed by atoms with Gasteiger partial charge in [-0.2, -0.15) is 0 Å². The SMILES string of the molecule is CC(C)(C)[S+]([O-])NCCc1ccc(OC(F)(F)F)cc1F. The number of benzene rings is 1. The molecule has 1 aromatic carbocycles. The van der Waals surface area contributed by atoms with Crippen LogP contribution in [0.4, 0.5) is 17.6 Å². The minimum absolute atomic E-state index is 0.208. The van der Waals surface area contributed by atoms with E-state index in [0.717, 1.165) is 6.07 Å². The predicted octanol–water partition coefficient (Wildman–Crippen LogP) is 3.32. The lowest BCUT2D eigenvalue weighted by Crippen LogP contribution is -2.40. The average molecular weight is 327 g/mol. The molecule has 1 aromatic rings. The summed E-state index contributed by atoms with van der Waals surface area (Å²) in [6.07, 6.45) is -4.64. The fourth-order valence-electron chi connectivity index (χ4n) is 1.42. The summed E-state index contributed by atoms with van der Waals surface area (Å²) < 4.78 is 67.2. The van der Waals surface area contributed by atoms with E-state index >= 15 is 0 Å².